The largest absolute Gasteiger partial charge is 0.378 e. The van der Waals surface area contributed by atoms with Crippen molar-refractivity contribution in [3.05, 3.63) is 0 Å². The Morgan fingerprint density at radius 2 is 2.22 bits per heavy atom. The van der Waals surface area contributed by atoms with Gasteiger partial charge in [-0.3, -0.25) is 4.79 Å². The molecule has 2 rings (SSSR count). The van der Waals surface area contributed by atoms with Crippen LogP contribution in [0, 0.1) is 0 Å². The Hall–Kier alpha value is -0.610. The Balaban J connectivity index is 1.84. The van der Waals surface area contributed by atoms with Crippen LogP contribution in [-0.2, 0) is 9.53 Å². The van der Waals surface area contributed by atoms with Crippen LogP contribution in [0.1, 0.15) is 45.4 Å². The number of likely N-dealkylation sites (N-methyl/N-ethyl adjacent to an activating group) is 1. The fourth-order valence-electron chi connectivity index (χ4n) is 3.00. The van der Waals surface area contributed by atoms with Crippen LogP contribution >= 0.6 is 0 Å². The lowest BCUT2D eigenvalue weighted by Crippen LogP contribution is -2.47. The fraction of sp³-hybridized carbons (Fsp3) is 0.929. The highest BCUT2D eigenvalue weighted by molar-refractivity contribution is 5.77. The third-order valence-electron chi connectivity index (χ3n) is 4.51. The second-order valence-corrected chi connectivity index (χ2v) is 5.64. The normalized spacial score (nSPS) is 25.8. The zero-order valence-electron chi connectivity index (χ0n) is 11.7. The number of nitrogens with zero attached hydrogens (tertiary/aromatic N) is 1. The van der Waals surface area contributed by atoms with Crippen molar-refractivity contribution in [2.24, 2.45) is 0 Å². The van der Waals surface area contributed by atoms with Crippen molar-refractivity contribution in [2.75, 3.05) is 26.7 Å². The maximum atomic E-state index is 12.3. The third-order valence-corrected chi connectivity index (χ3v) is 4.51. The van der Waals surface area contributed by atoms with Crippen molar-refractivity contribution < 1.29 is 9.53 Å². The van der Waals surface area contributed by atoms with E-state index in [9.17, 15) is 4.79 Å². The molecule has 0 aromatic rings. The van der Waals surface area contributed by atoms with Crippen LogP contribution in [0.25, 0.3) is 0 Å². The van der Waals surface area contributed by atoms with Gasteiger partial charge in [0.05, 0.1) is 12.0 Å². The van der Waals surface area contributed by atoms with Gasteiger partial charge in [-0.1, -0.05) is 0 Å². The molecule has 4 nitrogen and oxygen atoms in total. The molecule has 1 unspecified atom stereocenters. The van der Waals surface area contributed by atoms with E-state index in [0.29, 0.717) is 12.5 Å². The average molecular weight is 254 g/mol. The van der Waals surface area contributed by atoms with E-state index in [1.165, 1.54) is 19.3 Å². The Morgan fingerprint density at radius 1 is 1.44 bits per heavy atom. The van der Waals surface area contributed by atoms with Crippen molar-refractivity contribution in [3.63, 3.8) is 0 Å². The van der Waals surface area contributed by atoms with E-state index in [1.54, 1.807) is 7.11 Å². The Kier molecular flexibility index (Phi) is 4.62. The van der Waals surface area contributed by atoms with Gasteiger partial charge in [-0.05, 0) is 45.6 Å². The smallest absolute Gasteiger partial charge is 0.225 e. The molecule has 1 N–H and O–H groups in total. The maximum absolute atomic E-state index is 12.3. The molecular weight excluding hydrogens is 228 g/mol. The second-order valence-electron chi connectivity index (χ2n) is 5.64. The van der Waals surface area contributed by atoms with E-state index in [0.717, 1.165) is 32.5 Å². The first-order valence-electron chi connectivity index (χ1n) is 7.25. The molecule has 0 aromatic heterocycles. The van der Waals surface area contributed by atoms with Crippen LogP contribution in [0.2, 0.25) is 0 Å². The van der Waals surface area contributed by atoms with Crippen LogP contribution in [0.4, 0.5) is 0 Å². The highest BCUT2D eigenvalue weighted by atomic mass is 16.5. The topological polar surface area (TPSA) is 41.6 Å². The summed E-state index contributed by atoms with van der Waals surface area (Å²) in [6.07, 6.45) is 6.25. The Bertz CT molecular complexity index is 278. The van der Waals surface area contributed by atoms with Crippen LogP contribution < -0.4 is 5.32 Å². The molecule has 18 heavy (non-hydrogen) atoms. The molecule has 4 heteroatoms. The summed E-state index contributed by atoms with van der Waals surface area (Å²) in [6.45, 7) is 4.82. The van der Waals surface area contributed by atoms with Gasteiger partial charge < -0.3 is 15.0 Å². The standard InChI is InChI=1S/C14H26N2O2/c1-3-16(11-12-6-4-9-15-12)13(17)10-14(18-2)7-5-8-14/h12,15H,3-11H2,1-2H3. The van der Waals surface area contributed by atoms with Crippen molar-refractivity contribution in [3.8, 4) is 0 Å². The highest BCUT2D eigenvalue weighted by Gasteiger charge is 2.40. The van der Waals surface area contributed by atoms with E-state index >= 15 is 0 Å². The van der Waals surface area contributed by atoms with Gasteiger partial charge in [0.25, 0.3) is 0 Å². The lowest BCUT2D eigenvalue weighted by atomic mass is 9.77. The lowest BCUT2D eigenvalue weighted by Gasteiger charge is -2.41. The van der Waals surface area contributed by atoms with Gasteiger partial charge in [0.2, 0.25) is 5.91 Å². The summed E-state index contributed by atoms with van der Waals surface area (Å²) in [7, 11) is 1.74. The number of methoxy groups -OCH3 is 1. The van der Waals surface area contributed by atoms with E-state index in [-0.39, 0.29) is 11.5 Å². The molecule has 0 radical (unpaired) electrons. The predicted octanol–water partition coefficient (Wildman–Crippen LogP) is 1.55. The third kappa shape index (κ3) is 3.04. The van der Waals surface area contributed by atoms with Crippen LogP contribution in [0.5, 0.6) is 0 Å². The van der Waals surface area contributed by atoms with E-state index in [2.05, 4.69) is 12.2 Å². The van der Waals surface area contributed by atoms with Gasteiger partial charge in [0, 0.05) is 26.2 Å². The van der Waals surface area contributed by atoms with Crippen LogP contribution in [-0.4, -0.2) is 49.2 Å². The minimum absolute atomic E-state index is 0.145. The van der Waals surface area contributed by atoms with Gasteiger partial charge in [-0.2, -0.15) is 0 Å². The number of nitrogens with one attached hydrogen (secondary N) is 1. The van der Waals surface area contributed by atoms with Gasteiger partial charge in [-0.15, -0.1) is 0 Å². The van der Waals surface area contributed by atoms with E-state index < -0.39 is 0 Å². The van der Waals surface area contributed by atoms with Crippen LogP contribution in [0.3, 0.4) is 0 Å². The average Bonchev–Trinajstić information content (AvgIpc) is 2.83. The minimum atomic E-state index is -0.145. The summed E-state index contributed by atoms with van der Waals surface area (Å²) in [5.41, 5.74) is -0.145. The maximum Gasteiger partial charge on any atom is 0.225 e. The van der Waals surface area contributed by atoms with Crippen molar-refractivity contribution in [1.29, 1.82) is 0 Å². The number of carbonyl (C=O) groups is 1. The number of hydrogen-bond donors (Lipinski definition) is 1. The summed E-state index contributed by atoms with van der Waals surface area (Å²) >= 11 is 0. The zero-order valence-corrected chi connectivity index (χ0v) is 11.7. The van der Waals surface area contributed by atoms with Gasteiger partial charge in [0.15, 0.2) is 0 Å². The molecule has 2 fully saturated rings. The molecule has 0 aromatic carbocycles. The molecule has 0 spiro atoms. The first-order chi connectivity index (χ1) is 8.69. The summed E-state index contributed by atoms with van der Waals surface area (Å²) in [6, 6.07) is 0.494. The molecule has 1 amide bonds. The Morgan fingerprint density at radius 3 is 2.67 bits per heavy atom. The summed E-state index contributed by atoms with van der Waals surface area (Å²) in [5, 5.41) is 3.46. The molecule has 1 atom stereocenters. The molecule has 2 aliphatic rings. The molecule has 1 saturated carbocycles. The first kappa shape index (κ1) is 13.8. The van der Waals surface area contributed by atoms with Crippen LogP contribution in [0.15, 0.2) is 0 Å². The number of carbonyl (C=O) groups excluding carboxylic acids is 1. The van der Waals surface area contributed by atoms with Crippen molar-refractivity contribution in [1.82, 2.24) is 10.2 Å². The van der Waals surface area contributed by atoms with Gasteiger partial charge in [-0.25, -0.2) is 0 Å². The summed E-state index contributed by atoms with van der Waals surface area (Å²) < 4.78 is 5.55. The molecule has 1 heterocycles. The van der Waals surface area contributed by atoms with E-state index in [1.807, 2.05) is 4.90 Å². The monoisotopic (exact) mass is 254 g/mol. The summed E-state index contributed by atoms with van der Waals surface area (Å²) in [4.78, 5) is 14.3. The van der Waals surface area contributed by atoms with Gasteiger partial charge in [0.1, 0.15) is 0 Å². The van der Waals surface area contributed by atoms with Gasteiger partial charge >= 0.3 is 0 Å². The molecule has 1 aliphatic carbocycles. The Labute approximate surface area is 110 Å². The first-order valence-corrected chi connectivity index (χ1v) is 7.25. The molecule has 104 valence electrons. The SMILES string of the molecule is CCN(CC1CCCN1)C(=O)CC1(OC)CCC1. The zero-order chi connectivity index (χ0) is 13.0. The predicted molar refractivity (Wildman–Crippen MR) is 71.5 cm³/mol. The summed E-state index contributed by atoms with van der Waals surface area (Å²) in [5.74, 6) is 0.257. The number of ether oxygens (including phenoxy) is 1. The molecule has 1 aliphatic heterocycles. The van der Waals surface area contributed by atoms with Crippen molar-refractivity contribution in [2.45, 2.75) is 57.1 Å². The fourth-order valence-corrected chi connectivity index (χ4v) is 3.00. The lowest BCUT2D eigenvalue weighted by molar-refractivity contribution is -0.144. The quantitative estimate of drug-likeness (QED) is 0.782. The van der Waals surface area contributed by atoms with Crippen molar-refractivity contribution >= 4 is 5.91 Å². The van der Waals surface area contributed by atoms with E-state index in [4.69, 9.17) is 4.74 Å². The minimum Gasteiger partial charge on any atom is -0.378 e. The number of amides is 1. The highest BCUT2D eigenvalue weighted by Crippen LogP contribution is 2.38. The number of rotatable bonds is 6. The molecule has 1 saturated heterocycles. The number of hydrogen-bond acceptors (Lipinski definition) is 3. The second kappa shape index (κ2) is 6.02. The molecule has 0 bridgehead atoms. The molecular formula is C14H26N2O2.